The number of rotatable bonds is 6. The van der Waals surface area contributed by atoms with Gasteiger partial charge in [0.15, 0.2) is 5.78 Å². The summed E-state index contributed by atoms with van der Waals surface area (Å²) in [6.07, 6.45) is 0.755. The zero-order valence-corrected chi connectivity index (χ0v) is 21.1. The minimum absolute atomic E-state index is 0.0484. The van der Waals surface area contributed by atoms with Crippen LogP contribution in [-0.2, 0) is 14.4 Å². The maximum absolute atomic E-state index is 14.7. The van der Waals surface area contributed by atoms with Crippen molar-refractivity contribution in [3.8, 4) is 0 Å². The van der Waals surface area contributed by atoms with Crippen molar-refractivity contribution in [2.75, 3.05) is 4.90 Å². The second kappa shape index (κ2) is 8.31. The summed E-state index contributed by atoms with van der Waals surface area (Å²) in [5, 5.41) is 11.2. The number of imide groups is 1. The van der Waals surface area contributed by atoms with Gasteiger partial charge in [-0.2, -0.15) is 0 Å². The van der Waals surface area contributed by atoms with Crippen LogP contribution in [0, 0.1) is 32.8 Å². The number of nitrogens with zero attached hydrogens (tertiary/aromatic N) is 2. The van der Waals surface area contributed by atoms with E-state index in [1.54, 1.807) is 0 Å². The number of fused-ring (bicyclic) bond motifs is 5. The molecule has 38 heavy (non-hydrogen) atoms. The molecule has 2 amide bonds. The fraction of sp³-hybridized carbons (Fsp3) is 0.258. The zero-order valence-electron chi connectivity index (χ0n) is 21.1. The number of benzene rings is 3. The first-order valence-electron chi connectivity index (χ1n) is 12.9. The number of allylic oxidation sites excluding steroid dienone is 2. The summed E-state index contributed by atoms with van der Waals surface area (Å²) >= 11 is 0. The minimum atomic E-state index is -1.16. The Morgan fingerprint density at radius 1 is 0.711 bits per heavy atom. The van der Waals surface area contributed by atoms with Crippen LogP contribution in [-0.4, -0.2) is 22.5 Å². The van der Waals surface area contributed by atoms with E-state index in [0.717, 1.165) is 27.2 Å². The van der Waals surface area contributed by atoms with Crippen molar-refractivity contribution in [3.05, 3.63) is 106 Å². The van der Waals surface area contributed by atoms with E-state index in [1.165, 1.54) is 24.3 Å². The molecular weight excluding hydrogens is 480 g/mol. The highest BCUT2D eigenvalue weighted by atomic mass is 16.6. The van der Waals surface area contributed by atoms with Crippen LogP contribution < -0.4 is 4.90 Å². The third-order valence-corrected chi connectivity index (χ3v) is 8.88. The van der Waals surface area contributed by atoms with Crippen molar-refractivity contribution in [2.45, 2.75) is 26.7 Å². The first-order valence-corrected chi connectivity index (χ1v) is 12.9. The summed E-state index contributed by atoms with van der Waals surface area (Å²) in [7, 11) is 0. The number of nitro groups is 1. The molecule has 1 heterocycles. The number of non-ortho nitro benzene ring substituents is 1. The molecule has 3 aliphatic rings. The lowest BCUT2D eigenvalue weighted by Crippen LogP contribution is -2.41. The average molecular weight is 507 g/mol. The maximum atomic E-state index is 14.7. The lowest BCUT2D eigenvalue weighted by Gasteiger charge is -2.38. The number of carbonyl (C=O) groups excluding carboxylic acids is 3. The molecule has 1 saturated carbocycles. The average Bonchev–Trinajstić information content (AvgIpc) is 3.45. The minimum Gasteiger partial charge on any atom is -0.298 e. The van der Waals surface area contributed by atoms with Crippen molar-refractivity contribution in [2.24, 2.45) is 22.7 Å². The first kappa shape index (κ1) is 24.0. The van der Waals surface area contributed by atoms with Gasteiger partial charge >= 0.3 is 0 Å². The molecule has 1 aliphatic heterocycles. The number of Topliss-reactive ketones (excluding diaryl/α,β-unsaturated/α-hetero) is 1. The van der Waals surface area contributed by atoms with E-state index in [9.17, 15) is 24.5 Å². The standard InChI is InChI=1S/C31H26N2O5/c1-3-30-23(19-11-7-5-8-12-19)24(20-13-9-6-10-14-20)31(4-2,29(30)36)26-25(30)27(34)32(28(26)35)21-15-17-22(18-16-21)33(37)38/h5-18,25-26H,3-4H2,1-2H3/t25-,26-,30-,31+/m0/s1. The number of hydrogen-bond acceptors (Lipinski definition) is 5. The molecule has 0 unspecified atom stereocenters. The molecule has 6 rings (SSSR count). The van der Waals surface area contributed by atoms with Crippen molar-refractivity contribution in [3.63, 3.8) is 0 Å². The summed E-state index contributed by atoms with van der Waals surface area (Å²) in [4.78, 5) is 54.8. The fourth-order valence-electron chi connectivity index (χ4n) is 7.43. The van der Waals surface area contributed by atoms with Crippen LogP contribution in [0.1, 0.15) is 37.8 Å². The summed E-state index contributed by atoms with van der Waals surface area (Å²) in [5.74, 6) is -2.57. The second-order valence-corrected chi connectivity index (χ2v) is 10.2. The van der Waals surface area contributed by atoms with Crippen molar-refractivity contribution in [1.29, 1.82) is 0 Å². The van der Waals surface area contributed by atoms with Gasteiger partial charge in [0, 0.05) is 12.1 Å². The van der Waals surface area contributed by atoms with E-state index in [2.05, 4.69) is 0 Å². The van der Waals surface area contributed by atoms with E-state index in [-0.39, 0.29) is 17.2 Å². The molecule has 0 spiro atoms. The van der Waals surface area contributed by atoms with Crippen molar-refractivity contribution >= 4 is 40.1 Å². The zero-order chi connectivity index (χ0) is 26.8. The number of nitro benzene ring substituents is 1. The Hall–Kier alpha value is -4.39. The maximum Gasteiger partial charge on any atom is 0.269 e. The second-order valence-electron chi connectivity index (χ2n) is 10.2. The van der Waals surface area contributed by atoms with Gasteiger partial charge in [-0.25, -0.2) is 4.90 Å². The van der Waals surface area contributed by atoms with Gasteiger partial charge < -0.3 is 0 Å². The quantitative estimate of drug-likeness (QED) is 0.243. The largest absolute Gasteiger partial charge is 0.298 e. The molecule has 4 atom stereocenters. The summed E-state index contributed by atoms with van der Waals surface area (Å²) in [6.45, 7) is 3.84. The van der Waals surface area contributed by atoms with Crippen LogP contribution in [0.3, 0.4) is 0 Å². The van der Waals surface area contributed by atoms with Gasteiger partial charge in [-0.3, -0.25) is 24.5 Å². The van der Waals surface area contributed by atoms with Crippen LogP contribution >= 0.6 is 0 Å². The van der Waals surface area contributed by atoms with Crippen LogP contribution in [0.5, 0.6) is 0 Å². The molecule has 1 saturated heterocycles. The molecule has 2 fully saturated rings. The number of hydrogen-bond donors (Lipinski definition) is 0. The predicted octanol–water partition coefficient (Wildman–Crippen LogP) is 5.70. The third kappa shape index (κ3) is 2.76. The Bertz CT molecular complexity index is 1440. The molecule has 0 N–H and O–H groups in total. The van der Waals surface area contributed by atoms with E-state index >= 15 is 0 Å². The lowest BCUT2D eigenvalue weighted by atomic mass is 9.60. The van der Waals surface area contributed by atoms with E-state index in [1.807, 2.05) is 74.5 Å². The fourth-order valence-corrected chi connectivity index (χ4v) is 7.43. The topological polar surface area (TPSA) is 97.6 Å². The van der Waals surface area contributed by atoms with E-state index in [4.69, 9.17) is 0 Å². The highest BCUT2D eigenvalue weighted by molar-refractivity contribution is 6.34. The van der Waals surface area contributed by atoms with E-state index < -0.39 is 39.4 Å². The van der Waals surface area contributed by atoms with Gasteiger partial charge in [0.05, 0.1) is 33.3 Å². The molecule has 0 aromatic heterocycles. The lowest BCUT2D eigenvalue weighted by molar-refractivity contribution is -0.384. The normalized spacial score (nSPS) is 27.8. The highest BCUT2D eigenvalue weighted by Crippen LogP contribution is 2.75. The molecular formula is C31H26N2O5. The molecule has 3 aromatic rings. The van der Waals surface area contributed by atoms with Crippen molar-refractivity contribution < 1.29 is 19.3 Å². The number of anilines is 1. The van der Waals surface area contributed by atoms with E-state index in [0.29, 0.717) is 12.8 Å². The Morgan fingerprint density at radius 3 is 1.50 bits per heavy atom. The molecule has 190 valence electrons. The van der Waals surface area contributed by atoms with Crippen LogP contribution in [0.2, 0.25) is 0 Å². The summed E-state index contributed by atoms with van der Waals surface area (Å²) in [5.41, 5.74) is 1.28. The van der Waals surface area contributed by atoms with Crippen LogP contribution in [0.4, 0.5) is 11.4 Å². The van der Waals surface area contributed by atoms with Crippen LogP contribution in [0.15, 0.2) is 84.9 Å². The highest BCUT2D eigenvalue weighted by Gasteiger charge is 2.80. The summed E-state index contributed by atoms with van der Waals surface area (Å²) < 4.78 is 0. The van der Waals surface area contributed by atoms with Gasteiger partial charge in [0.1, 0.15) is 0 Å². The van der Waals surface area contributed by atoms with Gasteiger partial charge in [0.2, 0.25) is 11.8 Å². The first-order chi connectivity index (χ1) is 18.3. The summed E-state index contributed by atoms with van der Waals surface area (Å²) in [6, 6.07) is 24.8. The van der Waals surface area contributed by atoms with Crippen molar-refractivity contribution in [1.82, 2.24) is 0 Å². The predicted molar refractivity (Wildman–Crippen MR) is 143 cm³/mol. The van der Waals surface area contributed by atoms with Crippen LogP contribution in [0.25, 0.3) is 11.1 Å². The van der Waals surface area contributed by atoms with Gasteiger partial charge in [-0.1, -0.05) is 74.5 Å². The number of carbonyl (C=O) groups is 3. The van der Waals surface area contributed by atoms with Gasteiger partial charge in [-0.15, -0.1) is 0 Å². The number of amides is 2. The Balaban J connectivity index is 1.62. The number of ketones is 1. The molecule has 2 aliphatic carbocycles. The smallest absolute Gasteiger partial charge is 0.269 e. The molecule has 3 aromatic carbocycles. The molecule has 7 nitrogen and oxygen atoms in total. The Kier molecular flexibility index (Phi) is 5.24. The monoisotopic (exact) mass is 506 g/mol. The molecule has 2 bridgehead atoms. The third-order valence-electron chi connectivity index (χ3n) is 8.88. The Labute approximate surface area is 219 Å². The molecule has 7 heteroatoms. The Morgan fingerprint density at radius 2 is 1.13 bits per heavy atom. The SMILES string of the molecule is CC[C@]12C(=O)[C@](CC)(C(c3ccccc3)=C1c1ccccc1)[C@@H]1C(=O)N(c3ccc([N+](=O)[O-])cc3)C(=O)[C@H]12. The molecule has 0 radical (unpaired) electrons. The van der Waals surface area contributed by atoms with Gasteiger partial charge in [0.25, 0.3) is 5.69 Å². The van der Waals surface area contributed by atoms with Gasteiger partial charge in [-0.05, 0) is 47.2 Å².